The SMILES string of the molecule is CCSc1ccc(CC(=O)Nc2ccc(C(C)(C)Sc3ccc(Cl)cc3)cc2)cc1. The molecule has 0 fully saturated rings. The molecular formula is C25H26ClNOS2. The zero-order valence-electron chi connectivity index (χ0n) is 17.4. The first-order chi connectivity index (χ1) is 14.4. The van der Waals surface area contributed by atoms with Crippen LogP contribution >= 0.6 is 35.1 Å². The number of hydrogen-bond donors (Lipinski definition) is 1. The van der Waals surface area contributed by atoms with Crippen molar-refractivity contribution in [2.75, 3.05) is 11.1 Å². The summed E-state index contributed by atoms with van der Waals surface area (Å²) in [5.74, 6) is 1.04. The number of amides is 1. The standard InChI is InChI=1S/C25H26ClNOS2/c1-4-29-22-13-5-18(6-14-22)17-24(28)27-21-11-7-19(8-12-21)25(2,3)30-23-15-9-20(26)10-16-23/h5-16H,4,17H2,1-3H3,(H,27,28). The number of hydrogen-bond acceptors (Lipinski definition) is 3. The van der Waals surface area contributed by atoms with E-state index in [1.807, 2.05) is 48.5 Å². The molecule has 0 saturated carbocycles. The minimum atomic E-state index is -0.103. The monoisotopic (exact) mass is 455 g/mol. The number of carbonyl (C=O) groups is 1. The van der Waals surface area contributed by atoms with Gasteiger partial charge in [-0.05, 0) is 79.3 Å². The number of nitrogens with one attached hydrogen (secondary N) is 1. The molecule has 0 bridgehead atoms. The van der Waals surface area contributed by atoms with Crippen LogP contribution in [0.3, 0.4) is 0 Å². The first-order valence-corrected chi connectivity index (χ1v) is 12.1. The van der Waals surface area contributed by atoms with Crippen molar-refractivity contribution in [1.82, 2.24) is 0 Å². The summed E-state index contributed by atoms with van der Waals surface area (Å²) in [5, 5.41) is 3.74. The lowest BCUT2D eigenvalue weighted by Crippen LogP contribution is -2.15. The van der Waals surface area contributed by atoms with E-state index in [4.69, 9.17) is 11.6 Å². The molecule has 0 saturated heterocycles. The van der Waals surface area contributed by atoms with Crippen LogP contribution in [0, 0.1) is 0 Å². The predicted molar refractivity (Wildman–Crippen MR) is 132 cm³/mol. The highest BCUT2D eigenvalue weighted by Gasteiger charge is 2.22. The van der Waals surface area contributed by atoms with E-state index < -0.39 is 0 Å². The van der Waals surface area contributed by atoms with Crippen LogP contribution in [-0.4, -0.2) is 11.7 Å². The van der Waals surface area contributed by atoms with E-state index in [-0.39, 0.29) is 10.7 Å². The molecule has 156 valence electrons. The maximum Gasteiger partial charge on any atom is 0.228 e. The van der Waals surface area contributed by atoms with Crippen molar-refractivity contribution in [1.29, 1.82) is 0 Å². The van der Waals surface area contributed by atoms with E-state index in [0.29, 0.717) is 6.42 Å². The third-order valence-corrected chi connectivity index (χ3v) is 7.05. The van der Waals surface area contributed by atoms with Crippen molar-refractivity contribution in [3.05, 3.63) is 88.9 Å². The van der Waals surface area contributed by atoms with Crippen LogP contribution in [0.1, 0.15) is 31.9 Å². The van der Waals surface area contributed by atoms with E-state index in [0.717, 1.165) is 22.0 Å². The quantitative estimate of drug-likeness (QED) is 0.353. The van der Waals surface area contributed by atoms with Crippen LogP contribution in [0.25, 0.3) is 0 Å². The van der Waals surface area contributed by atoms with Gasteiger partial charge in [0.15, 0.2) is 0 Å². The number of thioether (sulfide) groups is 2. The number of benzene rings is 3. The predicted octanol–water partition coefficient (Wildman–Crippen LogP) is 7.66. The Balaban J connectivity index is 1.59. The summed E-state index contributed by atoms with van der Waals surface area (Å²) in [6.07, 6.45) is 0.372. The molecule has 0 aliphatic heterocycles. The van der Waals surface area contributed by atoms with Gasteiger partial charge in [-0.3, -0.25) is 4.79 Å². The van der Waals surface area contributed by atoms with Crippen molar-refractivity contribution in [3.63, 3.8) is 0 Å². The van der Waals surface area contributed by atoms with Gasteiger partial charge in [-0.15, -0.1) is 23.5 Å². The zero-order valence-corrected chi connectivity index (χ0v) is 19.8. The molecule has 0 aliphatic carbocycles. The average molecular weight is 456 g/mol. The number of carbonyl (C=O) groups excluding carboxylic acids is 1. The summed E-state index contributed by atoms with van der Waals surface area (Å²) in [6.45, 7) is 6.52. The lowest BCUT2D eigenvalue weighted by atomic mass is 10.0. The van der Waals surface area contributed by atoms with Gasteiger partial charge in [-0.25, -0.2) is 0 Å². The van der Waals surface area contributed by atoms with Gasteiger partial charge in [0.2, 0.25) is 5.91 Å². The Kier molecular flexibility index (Phi) is 7.93. The molecule has 0 heterocycles. The van der Waals surface area contributed by atoms with Crippen molar-refractivity contribution in [2.24, 2.45) is 0 Å². The Morgan fingerprint density at radius 1 is 0.900 bits per heavy atom. The molecule has 0 spiro atoms. The van der Waals surface area contributed by atoms with Crippen molar-refractivity contribution in [3.8, 4) is 0 Å². The maximum absolute atomic E-state index is 12.4. The molecule has 0 atom stereocenters. The number of rotatable bonds is 8. The van der Waals surface area contributed by atoms with Crippen LogP contribution in [-0.2, 0) is 16.0 Å². The summed E-state index contributed by atoms with van der Waals surface area (Å²) in [5.41, 5.74) is 3.03. The average Bonchev–Trinajstić information content (AvgIpc) is 2.72. The lowest BCUT2D eigenvalue weighted by Gasteiger charge is -2.25. The highest BCUT2D eigenvalue weighted by molar-refractivity contribution is 8.00. The van der Waals surface area contributed by atoms with E-state index in [1.165, 1.54) is 15.4 Å². The fourth-order valence-electron chi connectivity index (χ4n) is 3.07. The largest absolute Gasteiger partial charge is 0.326 e. The summed E-state index contributed by atoms with van der Waals surface area (Å²) >= 11 is 9.57. The fraction of sp³-hybridized carbons (Fsp3) is 0.240. The molecule has 0 unspecified atom stereocenters. The van der Waals surface area contributed by atoms with E-state index in [1.54, 1.807) is 23.5 Å². The van der Waals surface area contributed by atoms with Crippen molar-refractivity contribution in [2.45, 2.75) is 41.7 Å². The second-order valence-corrected chi connectivity index (χ2v) is 10.9. The van der Waals surface area contributed by atoms with Gasteiger partial charge in [0.1, 0.15) is 0 Å². The first-order valence-electron chi connectivity index (χ1n) is 9.92. The highest BCUT2D eigenvalue weighted by atomic mass is 35.5. The molecule has 30 heavy (non-hydrogen) atoms. The Morgan fingerprint density at radius 3 is 2.10 bits per heavy atom. The first kappa shape index (κ1) is 22.8. The van der Waals surface area contributed by atoms with E-state index >= 15 is 0 Å². The molecular weight excluding hydrogens is 430 g/mol. The Labute approximate surface area is 192 Å². The zero-order chi connectivity index (χ0) is 21.6. The van der Waals surface area contributed by atoms with Crippen LogP contribution < -0.4 is 5.32 Å². The smallest absolute Gasteiger partial charge is 0.228 e. The fourth-order valence-corrected chi connectivity index (χ4v) is 4.98. The summed E-state index contributed by atoms with van der Waals surface area (Å²) < 4.78 is -0.103. The Morgan fingerprint density at radius 2 is 1.50 bits per heavy atom. The van der Waals surface area contributed by atoms with Gasteiger partial charge in [0.05, 0.1) is 6.42 Å². The second-order valence-electron chi connectivity index (χ2n) is 7.45. The molecule has 1 amide bonds. The topological polar surface area (TPSA) is 29.1 Å². The molecule has 3 aromatic carbocycles. The Hall–Kier alpha value is -1.88. The van der Waals surface area contributed by atoms with Gasteiger partial charge in [-0.2, -0.15) is 0 Å². The van der Waals surface area contributed by atoms with Gasteiger partial charge >= 0.3 is 0 Å². The summed E-state index contributed by atoms with van der Waals surface area (Å²) in [7, 11) is 0. The minimum absolute atomic E-state index is 0.00607. The highest BCUT2D eigenvalue weighted by Crippen LogP contribution is 2.41. The van der Waals surface area contributed by atoms with Crippen LogP contribution in [0.5, 0.6) is 0 Å². The normalized spacial score (nSPS) is 11.3. The van der Waals surface area contributed by atoms with Crippen LogP contribution in [0.4, 0.5) is 5.69 Å². The van der Waals surface area contributed by atoms with Gasteiger partial charge in [0.25, 0.3) is 0 Å². The summed E-state index contributed by atoms with van der Waals surface area (Å²) in [6, 6.07) is 24.2. The van der Waals surface area contributed by atoms with Gasteiger partial charge in [0, 0.05) is 25.2 Å². The third-order valence-electron chi connectivity index (χ3n) is 4.65. The third kappa shape index (κ3) is 6.56. The molecule has 3 aromatic rings. The number of anilines is 1. The minimum Gasteiger partial charge on any atom is -0.326 e. The van der Waals surface area contributed by atoms with Crippen molar-refractivity contribution < 1.29 is 4.79 Å². The molecule has 2 nitrogen and oxygen atoms in total. The van der Waals surface area contributed by atoms with E-state index in [9.17, 15) is 4.79 Å². The maximum atomic E-state index is 12.4. The second kappa shape index (κ2) is 10.4. The molecule has 3 rings (SSSR count). The van der Waals surface area contributed by atoms with Gasteiger partial charge in [-0.1, -0.05) is 42.8 Å². The lowest BCUT2D eigenvalue weighted by molar-refractivity contribution is -0.115. The summed E-state index contributed by atoms with van der Waals surface area (Å²) in [4.78, 5) is 14.8. The molecule has 0 aliphatic rings. The van der Waals surface area contributed by atoms with Gasteiger partial charge < -0.3 is 5.32 Å². The van der Waals surface area contributed by atoms with Crippen molar-refractivity contribution >= 4 is 46.7 Å². The molecule has 5 heteroatoms. The Bertz CT molecular complexity index is 968. The van der Waals surface area contributed by atoms with Crippen LogP contribution in [0.15, 0.2) is 82.6 Å². The molecule has 0 aromatic heterocycles. The molecule has 0 radical (unpaired) electrons. The van der Waals surface area contributed by atoms with E-state index in [2.05, 4.69) is 50.4 Å². The van der Waals surface area contributed by atoms with Crippen LogP contribution in [0.2, 0.25) is 5.02 Å². The number of halogens is 1. The molecule has 1 N–H and O–H groups in total.